The fraction of sp³-hybridized carbons (Fsp3) is 0.875. The summed E-state index contributed by atoms with van der Waals surface area (Å²) < 4.78 is 3.12. The number of rotatable bonds is 4. The summed E-state index contributed by atoms with van der Waals surface area (Å²) in [6.07, 6.45) is 1.94. The van der Waals surface area contributed by atoms with Crippen molar-refractivity contribution in [3.63, 3.8) is 0 Å². The van der Waals surface area contributed by atoms with Crippen molar-refractivity contribution >= 4 is 29.0 Å². The summed E-state index contributed by atoms with van der Waals surface area (Å²) in [6, 6.07) is 0. The summed E-state index contributed by atoms with van der Waals surface area (Å²) in [4.78, 5) is 13.5. The number of ether oxygens (including phenoxy) is 1. The van der Waals surface area contributed by atoms with Crippen LogP contribution in [0.25, 0.3) is 0 Å². The van der Waals surface area contributed by atoms with E-state index in [2.05, 4.69) is 10.3 Å². The first-order valence-electron chi connectivity index (χ1n) is 4.83. The lowest BCUT2D eigenvalue weighted by molar-refractivity contribution is -0.497. The van der Waals surface area contributed by atoms with Crippen LogP contribution in [0.15, 0.2) is 4.99 Å². The Morgan fingerprint density at radius 1 is 1.75 bits per heavy atom. The molecule has 92 valence electrons. The number of amidine groups is 1. The fourth-order valence-electron chi connectivity index (χ4n) is 1.42. The second-order valence-electron chi connectivity index (χ2n) is 3.39. The van der Waals surface area contributed by atoms with E-state index in [0.29, 0.717) is 13.2 Å². The minimum Gasteiger partial charge on any atom is -0.376 e. The van der Waals surface area contributed by atoms with Gasteiger partial charge < -0.3 is 10.1 Å². The van der Waals surface area contributed by atoms with E-state index in [0.717, 1.165) is 12.8 Å². The summed E-state index contributed by atoms with van der Waals surface area (Å²) in [5.74, 6) is -0.0728. The lowest BCUT2D eigenvalue weighted by Crippen LogP contribution is -2.46. The van der Waals surface area contributed by atoms with Crippen molar-refractivity contribution in [3.8, 4) is 0 Å². The summed E-state index contributed by atoms with van der Waals surface area (Å²) in [5.41, 5.74) is 0. The number of hydrogen-bond donors (Lipinski definition) is 1. The number of nitrogens with one attached hydrogen (secondary N) is 1. The number of hydrogen-bond acceptors (Lipinski definition) is 4. The number of aliphatic imine (C=N–C) groups is 1. The molecular formula is C8H13Cl2N3O3. The highest BCUT2D eigenvalue weighted by Crippen LogP contribution is 2.22. The van der Waals surface area contributed by atoms with Gasteiger partial charge in [0.15, 0.2) is 0 Å². The first-order valence-corrected chi connectivity index (χ1v) is 5.59. The van der Waals surface area contributed by atoms with Gasteiger partial charge in [-0.25, -0.2) is 0 Å². The van der Waals surface area contributed by atoms with Crippen molar-refractivity contribution in [1.29, 1.82) is 0 Å². The van der Waals surface area contributed by atoms with Gasteiger partial charge in [-0.15, -0.1) is 0 Å². The molecule has 1 unspecified atom stereocenters. The average molecular weight is 270 g/mol. The number of alkyl halides is 2. The van der Waals surface area contributed by atoms with Gasteiger partial charge in [-0.3, -0.25) is 15.1 Å². The Labute approximate surface area is 103 Å². The highest BCUT2D eigenvalue weighted by molar-refractivity contribution is 6.57. The van der Waals surface area contributed by atoms with E-state index in [4.69, 9.17) is 27.9 Å². The van der Waals surface area contributed by atoms with Crippen LogP contribution < -0.4 is 5.32 Å². The molecule has 1 aliphatic heterocycles. The molecule has 1 saturated heterocycles. The van der Waals surface area contributed by atoms with Crippen molar-refractivity contribution in [1.82, 2.24) is 5.32 Å². The Hall–Kier alpha value is -0.590. The van der Waals surface area contributed by atoms with Crippen LogP contribution >= 0.6 is 23.2 Å². The Kier molecular flexibility index (Phi) is 4.76. The monoisotopic (exact) mass is 269 g/mol. The quantitative estimate of drug-likeness (QED) is 0.208. The topological polar surface area (TPSA) is 76.8 Å². The van der Waals surface area contributed by atoms with Gasteiger partial charge in [-0.2, -0.15) is 0 Å². The van der Waals surface area contributed by atoms with Gasteiger partial charge in [0.25, 0.3) is 0 Å². The molecule has 0 aliphatic carbocycles. The highest BCUT2D eigenvalue weighted by Gasteiger charge is 2.44. The molecule has 8 heteroatoms. The molecule has 0 aromatic rings. The van der Waals surface area contributed by atoms with Crippen LogP contribution in [-0.4, -0.2) is 41.5 Å². The molecule has 1 fully saturated rings. The average Bonchev–Trinajstić information content (AvgIpc) is 2.71. The van der Waals surface area contributed by atoms with Gasteiger partial charge in [-0.1, -0.05) is 0 Å². The summed E-state index contributed by atoms with van der Waals surface area (Å²) in [6.45, 7) is 1.13. The third kappa shape index (κ3) is 3.20. The summed E-state index contributed by atoms with van der Waals surface area (Å²) >= 11 is 11.1. The third-order valence-electron chi connectivity index (χ3n) is 2.26. The van der Waals surface area contributed by atoms with Crippen molar-refractivity contribution in [2.45, 2.75) is 23.4 Å². The lowest BCUT2D eigenvalue weighted by atomic mass is 10.2. The van der Waals surface area contributed by atoms with Crippen LogP contribution in [0.3, 0.4) is 0 Å². The first kappa shape index (κ1) is 13.5. The smallest absolute Gasteiger partial charge is 0.376 e. The van der Waals surface area contributed by atoms with Gasteiger partial charge in [-0.05, 0) is 36.0 Å². The van der Waals surface area contributed by atoms with E-state index in [1.807, 2.05) is 0 Å². The van der Waals surface area contributed by atoms with Gasteiger partial charge in [0.05, 0.1) is 11.0 Å². The largest absolute Gasteiger partial charge is 0.427 e. The van der Waals surface area contributed by atoms with Gasteiger partial charge in [0.2, 0.25) is 5.84 Å². The van der Waals surface area contributed by atoms with Crippen LogP contribution in [0.1, 0.15) is 12.8 Å². The molecule has 0 aromatic heterocycles. The van der Waals surface area contributed by atoms with Crippen molar-refractivity contribution in [3.05, 3.63) is 10.1 Å². The van der Waals surface area contributed by atoms with E-state index in [1.165, 1.54) is 7.05 Å². The van der Waals surface area contributed by atoms with Crippen LogP contribution in [0.5, 0.6) is 0 Å². The predicted octanol–water partition coefficient (Wildman–Crippen LogP) is 1.19. The second-order valence-corrected chi connectivity index (χ2v) is 4.67. The van der Waals surface area contributed by atoms with Gasteiger partial charge in [0, 0.05) is 20.2 Å². The van der Waals surface area contributed by atoms with Crippen LogP contribution in [0, 0.1) is 10.1 Å². The molecule has 1 aliphatic rings. The van der Waals surface area contributed by atoms with E-state index in [9.17, 15) is 10.1 Å². The zero-order chi connectivity index (χ0) is 12.2. The number of nitro groups is 1. The Bertz CT molecular complexity index is 290. The van der Waals surface area contributed by atoms with E-state index in [-0.39, 0.29) is 11.9 Å². The number of halogens is 2. The van der Waals surface area contributed by atoms with E-state index < -0.39 is 9.38 Å². The lowest BCUT2D eigenvalue weighted by Gasteiger charge is -2.17. The predicted molar refractivity (Wildman–Crippen MR) is 61.8 cm³/mol. The maximum Gasteiger partial charge on any atom is 0.427 e. The molecular weight excluding hydrogens is 257 g/mol. The Balaban J connectivity index is 2.52. The van der Waals surface area contributed by atoms with Crippen molar-refractivity contribution < 1.29 is 9.66 Å². The molecule has 0 radical (unpaired) electrons. The molecule has 0 saturated carbocycles. The minimum absolute atomic E-state index is 0.0348. The third-order valence-corrected chi connectivity index (χ3v) is 2.89. The summed E-state index contributed by atoms with van der Waals surface area (Å²) in [7, 11) is 1.39. The molecule has 0 bridgehead atoms. The zero-order valence-corrected chi connectivity index (χ0v) is 10.3. The molecule has 1 atom stereocenters. The van der Waals surface area contributed by atoms with E-state index >= 15 is 0 Å². The molecule has 1 rings (SSSR count). The van der Waals surface area contributed by atoms with Crippen LogP contribution in [0.4, 0.5) is 0 Å². The van der Waals surface area contributed by atoms with Crippen molar-refractivity contribution in [2.24, 2.45) is 4.99 Å². The van der Waals surface area contributed by atoms with E-state index in [1.54, 1.807) is 0 Å². The highest BCUT2D eigenvalue weighted by atomic mass is 35.5. The fourth-order valence-corrected chi connectivity index (χ4v) is 1.72. The zero-order valence-electron chi connectivity index (χ0n) is 8.78. The molecule has 0 spiro atoms. The Morgan fingerprint density at radius 3 is 2.88 bits per heavy atom. The molecule has 1 N–H and O–H groups in total. The molecule has 1 heterocycles. The second kappa shape index (κ2) is 5.65. The maximum atomic E-state index is 10.6. The summed E-state index contributed by atoms with van der Waals surface area (Å²) in [5, 5.41) is 13.4. The minimum atomic E-state index is -2.23. The first-order chi connectivity index (χ1) is 7.48. The van der Waals surface area contributed by atoms with Crippen molar-refractivity contribution in [2.75, 3.05) is 20.2 Å². The molecule has 0 aromatic carbocycles. The maximum absolute atomic E-state index is 10.6. The van der Waals surface area contributed by atoms with Crippen LogP contribution in [0.2, 0.25) is 0 Å². The SMILES string of the molecule is CN=C(NCC1CCCO1)C(Cl)(Cl)[N+](=O)[O-]. The van der Waals surface area contributed by atoms with Crippen LogP contribution in [-0.2, 0) is 4.74 Å². The molecule has 6 nitrogen and oxygen atoms in total. The molecule has 0 amide bonds. The number of nitrogens with zero attached hydrogens (tertiary/aromatic N) is 2. The molecule has 16 heavy (non-hydrogen) atoms. The Morgan fingerprint density at radius 2 is 2.44 bits per heavy atom. The standard InChI is InChI=1S/C8H13Cl2N3O3/c1-11-7(8(9,10)13(14)15)12-5-6-3-2-4-16-6/h6H,2-5H2,1H3,(H,11,12). The van der Waals surface area contributed by atoms with Gasteiger partial charge in [0.1, 0.15) is 0 Å². The normalized spacial score (nSPS) is 22.2. The van der Waals surface area contributed by atoms with Gasteiger partial charge >= 0.3 is 4.46 Å².